The fourth-order valence-corrected chi connectivity index (χ4v) is 9.03. The maximum atomic E-state index is 7.46. The van der Waals surface area contributed by atoms with Gasteiger partial charge in [-0.1, -0.05) is 212 Å². The van der Waals surface area contributed by atoms with Crippen molar-refractivity contribution < 1.29 is 47.4 Å². The van der Waals surface area contributed by atoms with E-state index >= 15 is 0 Å². The average molecular weight is 972 g/mol. The van der Waals surface area contributed by atoms with Crippen LogP contribution in [-0.2, 0) is 93.6 Å². The number of hydrogen-bond acceptors (Lipinski definition) is 11. The molecule has 2 aliphatic rings. The Morgan fingerprint density at radius 3 is 0.931 bits per heavy atom. The van der Waals surface area contributed by atoms with E-state index < -0.39 is 61.3 Å². The fourth-order valence-electron chi connectivity index (χ4n) is 9.03. The lowest BCUT2D eigenvalue weighted by Gasteiger charge is -2.50. The number of rotatable bonds is 25. The molecule has 2 saturated heterocycles. The zero-order valence-electron chi connectivity index (χ0n) is 40.5. The summed E-state index contributed by atoms with van der Waals surface area (Å²) in [6, 6.07) is 70.2. The first-order chi connectivity index (χ1) is 35.6. The molecule has 9 rings (SSSR count). The van der Waals surface area contributed by atoms with E-state index in [4.69, 9.17) is 53.1 Å². The largest absolute Gasteiger partial charge is 0.374 e. The van der Waals surface area contributed by atoms with E-state index in [9.17, 15) is 0 Å². The van der Waals surface area contributed by atoms with Crippen molar-refractivity contribution in [2.75, 3.05) is 13.2 Å². The summed E-state index contributed by atoms with van der Waals surface area (Å²) < 4.78 is 69.3. The highest BCUT2D eigenvalue weighted by molar-refractivity contribution is 5.19. The normalized spacial score (nSPS) is 24.2. The van der Waals surface area contributed by atoms with Gasteiger partial charge >= 0.3 is 0 Å². The molecule has 72 heavy (non-hydrogen) atoms. The number of ether oxygens (including phenoxy) is 10. The molecule has 0 radical (unpaired) electrons. The molecule has 0 aliphatic carbocycles. The van der Waals surface area contributed by atoms with E-state index in [-0.39, 0.29) is 46.2 Å². The van der Waals surface area contributed by atoms with Crippen LogP contribution in [0.4, 0.5) is 0 Å². The second kappa shape index (κ2) is 27.2. The van der Waals surface area contributed by atoms with Crippen LogP contribution in [0.15, 0.2) is 212 Å². The Balaban J connectivity index is 1.10. The van der Waals surface area contributed by atoms with Gasteiger partial charge in [0.05, 0.1) is 59.5 Å². The highest BCUT2D eigenvalue weighted by Gasteiger charge is 2.54. The third kappa shape index (κ3) is 14.8. The third-order valence-electron chi connectivity index (χ3n) is 12.8. The Morgan fingerprint density at radius 2 is 0.569 bits per heavy atom. The maximum absolute atomic E-state index is 7.46. The van der Waals surface area contributed by atoms with Crippen molar-refractivity contribution in [3.8, 4) is 0 Å². The summed E-state index contributed by atoms with van der Waals surface area (Å²) in [7, 11) is 0. The molecule has 2 aliphatic heterocycles. The van der Waals surface area contributed by atoms with Crippen molar-refractivity contribution in [2.45, 2.75) is 108 Å². The van der Waals surface area contributed by atoms with Crippen molar-refractivity contribution in [3.63, 3.8) is 0 Å². The fraction of sp³-hybridized carbons (Fsp3) is 0.311. The topological polar surface area (TPSA) is 118 Å². The molecule has 0 saturated carbocycles. The van der Waals surface area contributed by atoms with Gasteiger partial charge in [0.1, 0.15) is 55.1 Å². The monoisotopic (exact) mass is 971 g/mol. The van der Waals surface area contributed by atoms with Crippen LogP contribution in [0.3, 0.4) is 0 Å². The molecule has 0 unspecified atom stereocenters. The van der Waals surface area contributed by atoms with Gasteiger partial charge in [-0.15, -0.1) is 0 Å². The second-order valence-electron chi connectivity index (χ2n) is 18.1. The van der Waals surface area contributed by atoms with Gasteiger partial charge < -0.3 is 53.1 Å². The van der Waals surface area contributed by atoms with Gasteiger partial charge in [-0.3, -0.25) is 0 Å². The maximum Gasteiger partial charge on any atom is 0.187 e. The number of nitrogens with two attached hydrogens (primary N) is 1. The molecule has 2 heterocycles. The first-order valence-corrected chi connectivity index (χ1v) is 24.9. The summed E-state index contributed by atoms with van der Waals surface area (Å²) in [5.41, 5.74) is 13.9. The summed E-state index contributed by atoms with van der Waals surface area (Å²) in [6.45, 7) is 2.25. The van der Waals surface area contributed by atoms with Gasteiger partial charge in [0.15, 0.2) is 6.29 Å². The zero-order chi connectivity index (χ0) is 49.0. The van der Waals surface area contributed by atoms with Gasteiger partial charge in [-0.25, -0.2) is 0 Å². The Morgan fingerprint density at radius 1 is 0.292 bits per heavy atom. The van der Waals surface area contributed by atoms with Gasteiger partial charge in [0.25, 0.3) is 0 Å². The average Bonchev–Trinajstić information content (AvgIpc) is 3.43. The molecule has 0 bridgehead atoms. The molecule has 7 aromatic rings. The van der Waals surface area contributed by atoms with Crippen molar-refractivity contribution in [2.24, 2.45) is 5.73 Å². The summed E-state index contributed by atoms with van der Waals surface area (Å²) in [4.78, 5) is 0. The van der Waals surface area contributed by atoms with E-state index in [0.29, 0.717) is 13.2 Å². The van der Waals surface area contributed by atoms with Crippen LogP contribution in [0.1, 0.15) is 38.9 Å². The van der Waals surface area contributed by atoms with Gasteiger partial charge in [-0.05, 0) is 38.9 Å². The Bertz CT molecular complexity index is 2550. The molecule has 374 valence electrons. The molecule has 11 heteroatoms. The molecule has 10 atom stereocenters. The van der Waals surface area contributed by atoms with Crippen molar-refractivity contribution in [1.29, 1.82) is 0 Å². The molecule has 0 amide bonds. The van der Waals surface area contributed by atoms with Crippen LogP contribution in [0.25, 0.3) is 0 Å². The van der Waals surface area contributed by atoms with E-state index in [0.717, 1.165) is 38.9 Å². The standard InChI is InChI=1S/C61H65NO10/c62-60-58(68-41-50-32-18-6-19-33-50)57(67-40-49-30-16-5-17-31-49)55(53(70-60)44-64-37-46-24-10-2-11-25-46)72-61-59(69-42-51-34-20-7-21-35-51)56(66-39-48-28-14-4-15-29-48)54(65-38-47-26-12-3-13-27-47)52(71-61)43-63-36-45-22-8-1-9-23-45/h1-35,52-61H,36-44,62H2/t52-,53-,54-,55-,56+,57+,58-,59-,60-,61-/m1/s1. The van der Waals surface area contributed by atoms with Crippen molar-refractivity contribution >= 4 is 0 Å². The SMILES string of the molecule is N[C@@H]1O[C@H](COCc2ccccc2)[C@@H](O[C@H]2O[C@H](COCc3ccccc3)[C@@H](OCc3ccccc3)[C@H](OCc3ccccc3)[C@H]2OCc2ccccc2)[C@H](OCc2ccccc2)[C@H]1OCc1ccccc1. The highest BCUT2D eigenvalue weighted by Crippen LogP contribution is 2.36. The van der Waals surface area contributed by atoms with E-state index in [1.165, 1.54) is 0 Å². The zero-order valence-corrected chi connectivity index (χ0v) is 40.5. The molecular weight excluding hydrogens is 907 g/mol. The van der Waals surface area contributed by atoms with Crippen LogP contribution < -0.4 is 5.73 Å². The van der Waals surface area contributed by atoms with Gasteiger partial charge in [0, 0.05) is 0 Å². The van der Waals surface area contributed by atoms with Crippen LogP contribution in [-0.4, -0.2) is 74.6 Å². The van der Waals surface area contributed by atoms with Gasteiger partial charge in [-0.2, -0.15) is 0 Å². The summed E-state index contributed by atoms with van der Waals surface area (Å²) in [5, 5.41) is 0. The van der Waals surface area contributed by atoms with Crippen molar-refractivity contribution in [1.82, 2.24) is 0 Å². The Labute approximate surface area is 423 Å². The van der Waals surface area contributed by atoms with Crippen LogP contribution in [0.2, 0.25) is 0 Å². The van der Waals surface area contributed by atoms with E-state index in [2.05, 4.69) is 0 Å². The minimum atomic E-state index is -1.09. The summed E-state index contributed by atoms with van der Waals surface area (Å²) >= 11 is 0. The summed E-state index contributed by atoms with van der Waals surface area (Å²) in [6.07, 6.45) is -8.18. The number of benzene rings is 7. The molecule has 0 spiro atoms. The minimum Gasteiger partial charge on any atom is -0.374 e. The smallest absolute Gasteiger partial charge is 0.187 e. The van der Waals surface area contributed by atoms with E-state index in [1.807, 2.05) is 212 Å². The lowest BCUT2D eigenvalue weighted by atomic mass is 9.95. The van der Waals surface area contributed by atoms with Crippen LogP contribution >= 0.6 is 0 Å². The quantitative estimate of drug-likeness (QED) is 0.0590. The predicted molar refractivity (Wildman–Crippen MR) is 274 cm³/mol. The first-order valence-electron chi connectivity index (χ1n) is 24.9. The molecule has 2 N–H and O–H groups in total. The molecule has 2 fully saturated rings. The second-order valence-corrected chi connectivity index (χ2v) is 18.1. The van der Waals surface area contributed by atoms with Crippen LogP contribution in [0, 0.1) is 0 Å². The lowest BCUT2D eigenvalue weighted by Crippen LogP contribution is -2.67. The first kappa shape index (κ1) is 51.0. The summed E-state index contributed by atoms with van der Waals surface area (Å²) in [5.74, 6) is 0. The van der Waals surface area contributed by atoms with Crippen molar-refractivity contribution in [3.05, 3.63) is 251 Å². The Hall–Kier alpha value is -5.90. The van der Waals surface area contributed by atoms with E-state index in [1.54, 1.807) is 0 Å². The lowest BCUT2D eigenvalue weighted by molar-refractivity contribution is -0.363. The minimum absolute atomic E-state index is 0.118. The van der Waals surface area contributed by atoms with Crippen LogP contribution in [0.5, 0.6) is 0 Å². The molecule has 11 nitrogen and oxygen atoms in total. The third-order valence-corrected chi connectivity index (χ3v) is 12.8. The Kier molecular flexibility index (Phi) is 19.3. The molecular formula is C61H65NO10. The number of hydrogen-bond donors (Lipinski definition) is 1. The highest BCUT2D eigenvalue weighted by atomic mass is 16.7. The van der Waals surface area contributed by atoms with Gasteiger partial charge in [0.2, 0.25) is 0 Å². The molecule has 0 aromatic heterocycles. The predicted octanol–water partition coefficient (Wildman–Crippen LogP) is 10.1. The molecule has 7 aromatic carbocycles.